The predicted molar refractivity (Wildman–Crippen MR) is 105 cm³/mol. The van der Waals surface area contributed by atoms with Crippen LogP contribution in [0.3, 0.4) is 0 Å². The fourth-order valence-electron chi connectivity index (χ4n) is 3.89. The van der Waals surface area contributed by atoms with E-state index in [0.717, 1.165) is 26.2 Å². The van der Waals surface area contributed by atoms with Crippen LogP contribution >= 0.6 is 0 Å². The number of allylic oxidation sites excluding steroid dienone is 4. The molecule has 1 aromatic carbocycles. The van der Waals surface area contributed by atoms with Crippen molar-refractivity contribution in [2.45, 2.75) is 60.5 Å². The first-order valence-corrected chi connectivity index (χ1v) is 9.31. The second-order valence-electron chi connectivity index (χ2n) is 7.20. The molecule has 0 N–H and O–H groups in total. The van der Waals surface area contributed by atoms with E-state index in [1.54, 1.807) is 0 Å². The van der Waals surface area contributed by atoms with Gasteiger partial charge >= 0.3 is 0 Å². The summed E-state index contributed by atoms with van der Waals surface area (Å²) in [7, 11) is 0. The Balaban J connectivity index is 2.09. The van der Waals surface area contributed by atoms with Gasteiger partial charge in [-0.05, 0) is 63.8 Å². The van der Waals surface area contributed by atoms with Gasteiger partial charge in [-0.25, -0.2) is 0 Å². The molecule has 0 unspecified atom stereocenters. The van der Waals surface area contributed by atoms with E-state index in [1.807, 2.05) is 0 Å². The Hall–Kier alpha value is -1.54. The average Bonchev–Trinajstić information content (AvgIpc) is 2.55. The Morgan fingerprint density at radius 3 is 2.42 bits per heavy atom. The fourth-order valence-corrected chi connectivity index (χ4v) is 3.89. The molecule has 24 heavy (non-hydrogen) atoms. The van der Waals surface area contributed by atoms with Crippen molar-refractivity contribution in [2.75, 3.05) is 19.6 Å². The predicted octanol–water partition coefficient (Wildman–Crippen LogP) is 4.99. The zero-order valence-electron chi connectivity index (χ0n) is 16.4. The van der Waals surface area contributed by atoms with Crippen LogP contribution in [0.5, 0.6) is 0 Å². The summed E-state index contributed by atoms with van der Waals surface area (Å²) in [4.78, 5) is 5.23. The monoisotopic (exact) mass is 326 g/mol. The Kier molecular flexibility index (Phi) is 6.68. The van der Waals surface area contributed by atoms with Crippen LogP contribution < -0.4 is 0 Å². The molecule has 2 heteroatoms. The maximum absolute atomic E-state index is 2.64. The first-order valence-electron chi connectivity index (χ1n) is 9.31. The van der Waals surface area contributed by atoms with Crippen LogP contribution in [-0.4, -0.2) is 35.5 Å². The number of nitrogens with zero attached hydrogens (tertiary/aromatic N) is 2. The molecule has 1 heterocycles. The van der Waals surface area contributed by atoms with Crippen molar-refractivity contribution in [3.8, 4) is 0 Å². The summed E-state index contributed by atoms with van der Waals surface area (Å²) in [5, 5.41) is 0. The molecular formula is C22H34N2. The third-order valence-electron chi connectivity index (χ3n) is 5.24. The summed E-state index contributed by atoms with van der Waals surface area (Å²) in [6.45, 7) is 17.8. The molecule has 1 atom stereocenters. The van der Waals surface area contributed by atoms with Crippen molar-refractivity contribution >= 4 is 0 Å². The molecule has 1 aliphatic rings. The van der Waals surface area contributed by atoms with Gasteiger partial charge in [-0.2, -0.15) is 0 Å². The van der Waals surface area contributed by atoms with Crippen molar-refractivity contribution in [3.63, 3.8) is 0 Å². The summed E-state index contributed by atoms with van der Waals surface area (Å²) in [6, 6.07) is 5.26. The lowest BCUT2D eigenvalue weighted by Gasteiger charge is -2.43. The Bertz CT molecular complexity index is 589. The number of rotatable bonds is 5. The summed E-state index contributed by atoms with van der Waals surface area (Å²) >= 11 is 0. The van der Waals surface area contributed by atoms with E-state index in [4.69, 9.17) is 0 Å². The molecule has 2 nitrogen and oxygen atoms in total. The van der Waals surface area contributed by atoms with E-state index < -0.39 is 0 Å². The van der Waals surface area contributed by atoms with Crippen molar-refractivity contribution in [3.05, 3.63) is 58.3 Å². The topological polar surface area (TPSA) is 6.48 Å². The first kappa shape index (κ1) is 18.8. The molecule has 0 spiro atoms. The SMILES string of the molecule is C/C=C\C=C(/C)N1CCN(Cc2c(C)cc(C)cc2C)C[C@H]1CC. The van der Waals surface area contributed by atoms with Gasteiger partial charge in [0.2, 0.25) is 0 Å². The highest BCUT2D eigenvalue weighted by Crippen LogP contribution is 2.23. The van der Waals surface area contributed by atoms with E-state index in [0.29, 0.717) is 6.04 Å². The number of aryl methyl sites for hydroxylation is 3. The molecule has 1 saturated heterocycles. The van der Waals surface area contributed by atoms with Gasteiger partial charge in [-0.1, -0.05) is 36.8 Å². The van der Waals surface area contributed by atoms with Crippen LogP contribution in [0.1, 0.15) is 49.4 Å². The zero-order valence-corrected chi connectivity index (χ0v) is 16.4. The highest BCUT2D eigenvalue weighted by atomic mass is 15.3. The van der Waals surface area contributed by atoms with Crippen molar-refractivity contribution in [1.29, 1.82) is 0 Å². The average molecular weight is 327 g/mol. The van der Waals surface area contributed by atoms with Crippen LogP contribution in [0, 0.1) is 20.8 Å². The second kappa shape index (κ2) is 8.53. The Morgan fingerprint density at radius 2 is 1.83 bits per heavy atom. The molecule has 2 rings (SSSR count). The van der Waals surface area contributed by atoms with E-state index in [-0.39, 0.29) is 0 Å². The minimum absolute atomic E-state index is 0.617. The minimum atomic E-state index is 0.617. The normalized spacial score (nSPS) is 20.2. The van der Waals surface area contributed by atoms with Crippen LogP contribution in [0.2, 0.25) is 0 Å². The zero-order chi connectivity index (χ0) is 17.7. The van der Waals surface area contributed by atoms with Crippen LogP contribution in [-0.2, 0) is 6.54 Å². The van der Waals surface area contributed by atoms with Crippen LogP contribution in [0.15, 0.2) is 36.1 Å². The van der Waals surface area contributed by atoms with Gasteiger partial charge in [0, 0.05) is 37.9 Å². The molecule has 0 saturated carbocycles. The van der Waals surface area contributed by atoms with Gasteiger partial charge in [-0.15, -0.1) is 0 Å². The van der Waals surface area contributed by atoms with E-state index in [9.17, 15) is 0 Å². The molecule has 0 radical (unpaired) electrons. The lowest BCUT2D eigenvalue weighted by atomic mass is 9.98. The van der Waals surface area contributed by atoms with Gasteiger partial charge < -0.3 is 4.90 Å². The maximum atomic E-state index is 2.64. The standard InChI is InChI=1S/C22H34N2/c1-7-9-10-20(6)24-12-11-23(15-21(24)8-2)16-22-18(4)13-17(3)14-19(22)5/h7,9-10,13-14,21H,8,11-12,15-16H2,1-6H3/b9-7-,20-10+/t21-/m1/s1. The molecule has 1 fully saturated rings. The highest BCUT2D eigenvalue weighted by molar-refractivity contribution is 5.37. The minimum Gasteiger partial charge on any atom is -0.369 e. The summed E-state index contributed by atoms with van der Waals surface area (Å²) in [6.07, 6.45) is 7.69. The highest BCUT2D eigenvalue weighted by Gasteiger charge is 2.26. The van der Waals surface area contributed by atoms with Crippen LogP contribution in [0.25, 0.3) is 0 Å². The molecule has 0 bridgehead atoms. The molecule has 0 aromatic heterocycles. The first-order chi connectivity index (χ1) is 11.5. The summed E-state index contributed by atoms with van der Waals surface area (Å²) in [5.41, 5.74) is 7.15. The third kappa shape index (κ3) is 4.51. The van der Waals surface area contributed by atoms with Gasteiger partial charge in [0.1, 0.15) is 0 Å². The maximum Gasteiger partial charge on any atom is 0.0412 e. The number of benzene rings is 1. The molecule has 132 valence electrons. The van der Waals surface area contributed by atoms with Gasteiger partial charge in [0.25, 0.3) is 0 Å². The molecule has 0 amide bonds. The number of piperazine rings is 1. The summed E-state index contributed by atoms with van der Waals surface area (Å²) in [5.74, 6) is 0. The second-order valence-corrected chi connectivity index (χ2v) is 7.20. The quantitative estimate of drug-likeness (QED) is 0.704. The number of hydrogen-bond donors (Lipinski definition) is 0. The van der Waals surface area contributed by atoms with Crippen molar-refractivity contribution in [2.24, 2.45) is 0 Å². The van der Waals surface area contributed by atoms with E-state index >= 15 is 0 Å². The third-order valence-corrected chi connectivity index (χ3v) is 5.24. The fraction of sp³-hybridized carbons (Fsp3) is 0.545. The van der Waals surface area contributed by atoms with Crippen LogP contribution in [0.4, 0.5) is 0 Å². The smallest absolute Gasteiger partial charge is 0.0412 e. The Labute approximate surface area is 148 Å². The van der Waals surface area contributed by atoms with Gasteiger partial charge in [0.15, 0.2) is 0 Å². The molecule has 1 aromatic rings. The lowest BCUT2D eigenvalue weighted by Crippen LogP contribution is -2.51. The summed E-state index contributed by atoms with van der Waals surface area (Å²) < 4.78 is 0. The van der Waals surface area contributed by atoms with E-state index in [2.05, 4.69) is 81.7 Å². The molecule has 1 aliphatic heterocycles. The van der Waals surface area contributed by atoms with Gasteiger partial charge in [0.05, 0.1) is 0 Å². The molecule has 0 aliphatic carbocycles. The number of hydrogen-bond acceptors (Lipinski definition) is 2. The van der Waals surface area contributed by atoms with Gasteiger partial charge in [-0.3, -0.25) is 4.90 Å². The van der Waals surface area contributed by atoms with Crippen molar-refractivity contribution in [1.82, 2.24) is 9.80 Å². The molecular weight excluding hydrogens is 292 g/mol. The lowest BCUT2D eigenvalue weighted by molar-refractivity contribution is 0.0936. The largest absolute Gasteiger partial charge is 0.369 e. The Morgan fingerprint density at radius 1 is 1.17 bits per heavy atom. The van der Waals surface area contributed by atoms with E-state index in [1.165, 1.54) is 34.4 Å². The van der Waals surface area contributed by atoms with Crippen molar-refractivity contribution < 1.29 is 0 Å².